The summed E-state index contributed by atoms with van der Waals surface area (Å²) in [5.41, 5.74) is 1.42. The number of sulfonamides is 1. The van der Waals surface area contributed by atoms with Gasteiger partial charge in [0.25, 0.3) is 11.1 Å². The normalized spacial score (nSPS) is 18.5. The molecule has 5 rings (SSSR count). The van der Waals surface area contributed by atoms with Crippen LogP contribution in [-0.4, -0.2) is 53.7 Å². The molecule has 0 atom stereocenters. The minimum absolute atomic E-state index is 0.203. The maximum absolute atomic E-state index is 12.9. The fraction of sp³-hybridized carbons (Fsp3) is 0.304. The summed E-state index contributed by atoms with van der Waals surface area (Å²) in [5, 5.41) is 2.83. The number of nitrogens with one attached hydrogen (secondary N) is 2. The Labute approximate surface area is 206 Å². The van der Waals surface area contributed by atoms with Crippen LogP contribution >= 0.6 is 11.8 Å². The second-order valence-corrected chi connectivity index (χ2v) is 11.3. The highest BCUT2D eigenvalue weighted by Crippen LogP contribution is 2.26. The molecule has 12 heteroatoms. The zero-order chi connectivity index (χ0) is 24.6. The van der Waals surface area contributed by atoms with Crippen molar-refractivity contribution >= 4 is 55.9 Å². The molecule has 0 bridgehead atoms. The number of carbonyl (C=O) groups excluding carboxylic acids is 2. The van der Waals surface area contributed by atoms with Crippen molar-refractivity contribution in [3.63, 3.8) is 0 Å². The van der Waals surface area contributed by atoms with Crippen LogP contribution in [0, 0.1) is 5.92 Å². The number of nitrogens with zero attached hydrogens (tertiary/aromatic N) is 4. The van der Waals surface area contributed by atoms with Gasteiger partial charge in [-0.3, -0.25) is 14.9 Å². The number of benzene rings is 1. The van der Waals surface area contributed by atoms with Crippen molar-refractivity contribution < 1.29 is 18.0 Å². The third-order valence-electron chi connectivity index (χ3n) is 6.21. The molecular weight excluding hydrogens is 488 g/mol. The van der Waals surface area contributed by atoms with E-state index in [1.807, 2.05) is 34.8 Å². The zero-order valence-electron chi connectivity index (χ0n) is 19.0. The Bertz CT molecular complexity index is 1440. The van der Waals surface area contributed by atoms with Crippen molar-refractivity contribution in [2.75, 3.05) is 24.5 Å². The van der Waals surface area contributed by atoms with E-state index in [1.54, 1.807) is 30.5 Å². The van der Waals surface area contributed by atoms with Gasteiger partial charge in [-0.1, -0.05) is 6.07 Å². The first-order valence-electron chi connectivity index (χ1n) is 11.2. The highest BCUT2D eigenvalue weighted by Gasteiger charge is 2.26. The molecule has 2 amide bonds. The van der Waals surface area contributed by atoms with E-state index in [0.29, 0.717) is 36.2 Å². The fourth-order valence-corrected chi connectivity index (χ4v) is 6.01. The van der Waals surface area contributed by atoms with Gasteiger partial charge in [0, 0.05) is 44.6 Å². The van der Waals surface area contributed by atoms with Crippen molar-refractivity contribution in [1.29, 1.82) is 0 Å². The van der Waals surface area contributed by atoms with Gasteiger partial charge in [-0.15, -0.1) is 0 Å². The van der Waals surface area contributed by atoms with Crippen LogP contribution in [0.25, 0.3) is 17.0 Å². The molecule has 0 saturated carbocycles. The number of rotatable bonds is 6. The summed E-state index contributed by atoms with van der Waals surface area (Å²) in [6.45, 7) is 1.75. The predicted octanol–water partition coefficient (Wildman–Crippen LogP) is 2.49. The van der Waals surface area contributed by atoms with Crippen LogP contribution in [0.15, 0.2) is 52.5 Å². The average Bonchev–Trinajstić information content (AvgIpc) is 3.38. The molecule has 2 aliphatic heterocycles. The van der Waals surface area contributed by atoms with E-state index in [-0.39, 0.29) is 10.8 Å². The molecule has 2 aromatic heterocycles. The van der Waals surface area contributed by atoms with E-state index >= 15 is 0 Å². The quantitative estimate of drug-likeness (QED) is 0.483. The number of aromatic nitrogens is 3. The lowest BCUT2D eigenvalue weighted by molar-refractivity contribution is -0.115. The summed E-state index contributed by atoms with van der Waals surface area (Å²) in [6.07, 6.45) is 6.69. The summed E-state index contributed by atoms with van der Waals surface area (Å²) >= 11 is 0.848. The second kappa shape index (κ2) is 9.44. The van der Waals surface area contributed by atoms with E-state index in [0.717, 1.165) is 35.5 Å². The Hall–Kier alpha value is -3.22. The van der Waals surface area contributed by atoms with Gasteiger partial charge < -0.3 is 9.47 Å². The first-order chi connectivity index (χ1) is 16.8. The Morgan fingerprint density at radius 2 is 2.00 bits per heavy atom. The number of aryl methyl sites for hydroxylation is 1. The molecule has 2 aliphatic rings. The first-order valence-corrected chi connectivity index (χ1v) is 13.5. The molecule has 4 heterocycles. The van der Waals surface area contributed by atoms with E-state index in [4.69, 9.17) is 0 Å². The summed E-state index contributed by atoms with van der Waals surface area (Å²) in [4.78, 5) is 34.6. The molecule has 2 saturated heterocycles. The Morgan fingerprint density at radius 1 is 1.20 bits per heavy atom. The lowest BCUT2D eigenvalue weighted by atomic mass is 9.97. The maximum atomic E-state index is 12.9. The average molecular weight is 513 g/mol. The molecule has 10 nitrogen and oxygen atoms in total. The van der Waals surface area contributed by atoms with E-state index in [9.17, 15) is 18.0 Å². The number of hydrogen-bond donors (Lipinski definition) is 2. The zero-order valence-corrected chi connectivity index (χ0v) is 20.6. The van der Waals surface area contributed by atoms with Gasteiger partial charge in [-0.2, -0.15) is 0 Å². The molecule has 1 aromatic carbocycles. The number of hydrogen-bond acceptors (Lipinski definition) is 8. The summed E-state index contributed by atoms with van der Waals surface area (Å²) < 4.78 is 30.4. The van der Waals surface area contributed by atoms with Gasteiger partial charge in [-0.25, -0.2) is 23.1 Å². The molecule has 3 aromatic rings. The van der Waals surface area contributed by atoms with Crippen molar-refractivity contribution in [2.45, 2.75) is 17.7 Å². The first kappa shape index (κ1) is 23.5. The minimum Gasteiger partial charge on any atom is -0.351 e. The number of carbonyl (C=O) groups is 2. The standard InChI is InChI=1S/C23H24N6O4S2/c1-28-9-7-16-2-3-18(13-19(16)28)35(32,33)25-14-15-5-10-29(11-6-15)22-24-8-4-17(26-22)12-20-21(30)27-23(31)34-20/h2-4,7-9,12-13,15,25H,5-6,10-11,14H2,1H3,(H,27,30,31)/b20-12-. The number of fused-ring (bicyclic) bond motifs is 1. The largest absolute Gasteiger partial charge is 0.351 e. The Kier molecular flexibility index (Phi) is 6.34. The number of imide groups is 1. The molecule has 0 radical (unpaired) electrons. The fourth-order valence-electron chi connectivity index (χ4n) is 4.21. The second-order valence-electron chi connectivity index (χ2n) is 8.56. The number of anilines is 1. The van der Waals surface area contributed by atoms with Crippen LogP contribution in [0.2, 0.25) is 0 Å². The van der Waals surface area contributed by atoms with Crippen molar-refractivity contribution in [3.8, 4) is 0 Å². The monoisotopic (exact) mass is 512 g/mol. The van der Waals surface area contributed by atoms with Crippen LogP contribution in [-0.2, 0) is 21.9 Å². The maximum Gasteiger partial charge on any atom is 0.290 e. The molecule has 2 fully saturated rings. The Morgan fingerprint density at radius 3 is 2.74 bits per heavy atom. The SMILES string of the molecule is Cn1ccc2ccc(S(=O)(=O)NCC3CCN(c4nccc(/C=C5\SC(=O)NC5=O)n4)CC3)cc21. The summed E-state index contributed by atoms with van der Waals surface area (Å²) in [5.74, 6) is 0.325. The molecule has 182 valence electrons. The number of amides is 2. The van der Waals surface area contributed by atoms with Crippen LogP contribution in [0.5, 0.6) is 0 Å². The van der Waals surface area contributed by atoms with Gasteiger partial charge in [0.15, 0.2) is 0 Å². The van der Waals surface area contributed by atoms with Gasteiger partial charge in [0.2, 0.25) is 16.0 Å². The van der Waals surface area contributed by atoms with Crippen molar-refractivity contribution in [2.24, 2.45) is 13.0 Å². The molecule has 0 spiro atoms. The van der Waals surface area contributed by atoms with Gasteiger partial charge >= 0.3 is 0 Å². The summed E-state index contributed by atoms with van der Waals surface area (Å²) in [7, 11) is -1.71. The highest BCUT2D eigenvalue weighted by atomic mass is 32.2. The van der Waals surface area contributed by atoms with Gasteiger partial charge in [0.05, 0.1) is 15.5 Å². The smallest absolute Gasteiger partial charge is 0.290 e. The number of piperidine rings is 1. The van der Waals surface area contributed by atoms with E-state index in [2.05, 4.69) is 20.0 Å². The lowest BCUT2D eigenvalue weighted by Crippen LogP contribution is -2.39. The molecule has 0 unspecified atom stereocenters. The van der Waals surface area contributed by atoms with Crippen LogP contribution < -0.4 is 14.9 Å². The van der Waals surface area contributed by atoms with E-state index < -0.39 is 21.2 Å². The molecular formula is C23H24N6O4S2. The van der Waals surface area contributed by atoms with E-state index in [1.165, 1.54) is 0 Å². The summed E-state index contributed by atoms with van der Waals surface area (Å²) in [6, 6.07) is 8.79. The van der Waals surface area contributed by atoms with Gasteiger partial charge in [-0.05, 0) is 66.2 Å². The predicted molar refractivity (Wildman–Crippen MR) is 134 cm³/mol. The molecule has 2 N–H and O–H groups in total. The van der Waals surface area contributed by atoms with Crippen LogP contribution in [0.1, 0.15) is 18.5 Å². The Balaban J connectivity index is 1.18. The topological polar surface area (TPSA) is 126 Å². The van der Waals surface area contributed by atoms with Crippen LogP contribution in [0.3, 0.4) is 0 Å². The van der Waals surface area contributed by atoms with Crippen LogP contribution in [0.4, 0.5) is 10.7 Å². The molecule has 0 aliphatic carbocycles. The highest BCUT2D eigenvalue weighted by molar-refractivity contribution is 8.18. The van der Waals surface area contributed by atoms with Gasteiger partial charge in [0.1, 0.15) is 0 Å². The van der Waals surface area contributed by atoms with Crippen molar-refractivity contribution in [1.82, 2.24) is 24.6 Å². The minimum atomic E-state index is -3.60. The lowest BCUT2D eigenvalue weighted by Gasteiger charge is -2.32. The third-order valence-corrected chi connectivity index (χ3v) is 8.45. The number of thioether (sulfide) groups is 1. The van der Waals surface area contributed by atoms with Crippen molar-refractivity contribution in [3.05, 3.63) is 53.3 Å². The molecule has 35 heavy (non-hydrogen) atoms. The third kappa shape index (κ3) is 5.09.